The molecule has 2 saturated heterocycles. The molecule has 1 spiro atoms. The van der Waals surface area contributed by atoms with Crippen molar-refractivity contribution in [1.82, 2.24) is 20.0 Å². The molecule has 10 nitrogen and oxygen atoms in total. The first-order valence-corrected chi connectivity index (χ1v) is 12.4. The number of hydrogen-bond donors (Lipinski definition) is 2. The molecule has 1 unspecified atom stereocenters. The van der Waals surface area contributed by atoms with Gasteiger partial charge in [-0.15, -0.1) is 0 Å². The Morgan fingerprint density at radius 1 is 1.14 bits per heavy atom. The lowest BCUT2D eigenvalue weighted by atomic mass is 9.78. The van der Waals surface area contributed by atoms with Gasteiger partial charge in [-0.1, -0.05) is 12.6 Å². The second-order valence-electron chi connectivity index (χ2n) is 9.72. The highest BCUT2D eigenvalue weighted by atomic mass is 16.2. The minimum atomic E-state index is -1.09. The van der Waals surface area contributed by atoms with Crippen LogP contribution < -0.4 is 10.6 Å². The van der Waals surface area contributed by atoms with E-state index in [1.54, 1.807) is 12.1 Å². The van der Waals surface area contributed by atoms with Gasteiger partial charge in [0.05, 0.1) is 17.7 Å². The summed E-state index contributed by atoms with van der Waals surface area (Å²) in [5.74, 6) is -1.78. The van der Waals surface area contributed by atoms with Crippen molar-refractivity contribution in [3.63, 3.8) is 0 Å². The molecule has 36 heavy (non-hydrogen) atoms. The van der Waals surface area contributed by atoms with E-state index in [1.165, 1.54) is 13.1 Å². The molecule has 0 bridgehead atoms. The van der Waals surface area contributed by atoms with Crippen molar-refractivity contribution in [1.29, 1.82) is 0 Å². The van der Waals surface area contributed by atoms with Gasteiger partial charge in [-0.05, 0) is 49.4 Å². The average Bonchev–Trinajstić information content (AvgIpc) is 3.41. The van der Waals surface area contributed by atoms with Gasteiger partial charge in [0.15, 0.2) is 0 Å². The lowest BCUT2D eigenvalue weighted by molar-refractivity contribution is -0.131. The fraction of sp³-hybridized carbons (Fsp3) is 0.500. The predicted octanol–water partition coefficient (Wildman–Crippen LogP) is 1.25. The molecule has 0 saturated carbocycles. The Hall–Kier alpha value is -3.69. The van der Waals surface area contributed by atoms with Crippen molar-refractivity contribution in [3.8, 4) is 0 Å². The number of anilines is 1. The van der Waals surface area contributed by atoms with Crippen LogP contribution in [0, 0.1) is 5.41 Å². The number of rotatable bonds is 9. The summed E-state index contributed by atoms with van der Waals surface area (Å²) in [7, 11) is 1.41. The molecular formula is C26H33N5O5. The summed E-state index contributed by atoms with van der Waals surface area (Å²) >= 11 is 0. The lowest BCUT2D eigenvalue weighted by Gasteiger charge is -2.39. The maximum Gasteiger partial charge on any atom is 0.264 e. The Morgan fingerprint density at radius 2 is 1.86 bits per heavy atom. The van der Waals surface area contributed by atoms with Crippen molar-refractivity contribution in [2.24, 2.45) is 5.41 Å². The molecule has 2 fully saturated rings. The number of fused-ring (bicyclic) bond motifs is 1. The minimum absolute atomic E-state index is 0.00623. The highest BCUT2D eigenvalue weighted by molar-refractivity contribution is 6.25. The van der Waals surface area contributed by atoms with Crippen LogP contribution in [0.5, 0.6) is 0 Å². The first kappa shape index (κ1) is 25.4. The van der Waals surface area contributed by atoms with Gasteiger partial charge >= 0.3 is 0 Å². The summed E-state index contributed by atoms with van der Waals surface area (Å²) < 4.78 is 0. The number of carbonyl (C=O) groups excluding carboxylic acids is 5. The normalized spacial score (nSPS) is 19.3. The van der Waals surface area contributed by atoms with Crippen LogP contribution in [0.15, 0.2) is 31.0 Å². The molecule has 10 heteroatoms. The molecular weight excluding hydrogens is 462 g/mol. The van der Waals surface area contributed by atoms with Crippen LogP contribution >= 0.6 is 0 Å². The van der Waals surface area contributed by atoms with Crippen molar-refractivity contribution >= 4 is 35.6 Å². The standard InChI is InChI=1S/C26H33N5O5/c1-3-29-12-9-26(17-29)10-13-30(14-11-26)21(33)16-28-19-7-4-6-18-22(19)25(36)31(24(18)35)20(8-5-15-32)23(34)27-2/h3-4,6-7,15,20,28H,1,5,8-14,16-17H2,2H3,(H,27,34). The third-order valence-corrected chi connectivity index (χ3v) is 7.70. The minimum Gasteiger partial charge on any atom is -0.377 e. The van der Waals surface area contributed by atoms with Crippen molar-refractivity contribution in [2.75, 3.05) is 45.1 Å². The van der Waals surface area contributed by atoms with Gasteiger partial charge in [-0.3, -0.25) is 24.1 Å². The van der Waals surface area contributed by atoms with Gasteiger partial charge in [0.2, 0.25) is 11.8 Å². The smallest absolute Gasteiger partial charge is 0.264 e. The Bertz CT molecular complexity index is 1080. The highest BCUT2D eigenvalue weighted by Gasteiger charge is 2.44. The zero-order valence-corrected chi connectivity index (χ0v) is 20.6. The number of nitrogens with one attached hydrogen (secondary N) is 2. The summed E-state index contributed by atoms with van der Waals surface area (Å²) in [6.07, 6.45) is 5.63. The molecule has 3 aliphatic heterocycles. The Morgan fingerprint density at radius 3 is 2.50 bits per heavy atom. The monoisotopic (exact) mass is 495 g/mol. The molecule has 1 aromatic carbocycles. The van der Waals surface area contributed by atoms with Gasteiger partial charge in [-0.2, -0.15) is 0 Å². The third kappa shape index (κ3) is 4.72. The fourth-order valence-electron chi connectivity index (χ4n) is 5.55. The number of piperidine rings is 1. The molecule has 3 heterocycles. The number of benzene rings is 1. The molecule has 4 amide bonds. The van der Waals surface area contributed by atoms with E-state index in [2.05, 4.69) is 22.1 Å². The van der Waals surface area contributed by atoms with E-state index in [1.807, 2.05) is 11.1 Å². The summed E-state index contributed by atoms with van der Waals surface area (Å²) in [4.78, 5) is 67.6. The average molecular weight is 496 g/mol. The molecule has 192 valence electrons. The zero-order valence-electron chi connectivity index (χ0n) is 20.6. The lowest BCUT2D eigenvalue weighted by Crippen LogP contribution is -2.48. The number of amides is 4. The molecule has 2 N–H and O–H groups in total. The quantitative estimate of drug-likeness (QED) is 0.391. The predicted molar refractivity (Wildman–Crippen MR) is 133 cm³/mol. The highest BCUT2D eigenvalue weighted by Crippen LogP contribution is 2.40. The molecule has 0 radical (unpaired) electrons. The summed E-state index contributed by atoms with van der Waals surface area (Å²) in [5, 5.41) is 5.51. The number of likely N-dealkylation sites (tertiary alicyclic amines) is 2. The van der Waals surface area contributed by atoms with Crippen molar-refractivity contribution in [2.45, 2.75) is 38.1 Å². The number of nitrogens with zero attached hydrogens (tertiary/aromatic N) is 3. The van der Waals surface area contributed by atoms with Gasteiger partial charge < -0.3 is 25.2 Å². The SMILES string of the molecule is C=CN1CCC2(CCN(C(=O)CNc3cccc4c3C(=O)N(C(CCC=O)C(=O)NC)C4=O)CC2)C1. The van der Waals surface area contributed by atoms with Crippen molar-refractivity contribution in [3.05, 3.63) is 42.1 Å². The second-order valence-corrected chi connectivity index (χ2v) is 9.72. The Kier molecular flexibility index (Phi) is 7.42. The maximum atomic E-state index is 13.3. The van der Waals surface area contributed by atoms with E-state index in [0.717, 1.165) is 37.3 Å². The molecule has 4 rings (SSSR count). The van der Waals surface area contributed by atoms with E-state index in [9.17, 15) is 24.0 Å². The summed E-state index contributed by atoms with van der Waals surface area (Å²) in [6.45, 7) is 7.24. The fourth-order valence-corrected chi connectivity index (χ4v) is 5.55. The van der Waals surface area contributed by atoms with E-state index < -0.39 is 23.8 Å². The number of hydrogen-bond acceptors (Lipinski definition) is 7. The van der Waals surface area contributed by atoms with Crippen LogP contribution in [0.3, 0.4) is 0 Å². The largest absolute Gasteiger partial charge is 0.377 e. The van der Waals surface area contributed by atoms with E-state index in [4.69, 9.17) is 0 Å². The molecule has 0 aliphatic carbocycles. The molecule has 0 aromatic heterocycles. The zero-order chi connectivity index (χ0) is 25.9. The number of likely N-dealkylation sites (N-methyl/N-ethyl adjacent to an activating group) is 1. The number of imide groups is 1. The van der Waals surface area contributed by atoms with Crippen LogP contribution in [0.2, 0.25) is 0 Å². The van der Waals surface area contributed by atoms with Crippen molar-refractivity contribution < 1.29 is 24.0 Å². The second kappa shape index (κ2) is 10.5. The van der Waals surface area contributed by atoms with Crippen LogP contribution in [0.1, 0.15) is 52.8 Å². The van der Waals surface area contributed by atoms with E-state index >= 15 is 0 Å². The first-order valence-electron chi connectivity index (χ1n) is 12.4. The van der Waals surface area contributed by atoms with Gasteiger partial charge in [0.1, 0.15) is 12.3 Å². The Balaban J connectivity index is 1.42. The summed E-state index contributed by atoms with van der Waals surface area (Å²) in [6, 6.07) is 3.72. The number of carbonyl (C=O) groups is 5. The molecule has 1 atom stereocenters. The maximum absolute atomic E-state index is 13.3. The first-order chi connectivity index (χ1) is 17.3. The van der Waals surface area contributed by atoms with E-state index in [-0.39, 0.29) is 41.8 Å². The molecule has 3 aliphatic rings. The van der Waals surface area contributed by atoms with Crippen LogP contribution in [0.25, 0.3) is 0 Å². The number of aldehydes is 1. The van der Waals surface area contributed by atoms with Crippen LogP contribution in [0.4, 0.5) is 5.69 Å². The van der Waals surface area contributed by atoms with E-state index in [0.29, 0.717) is 25.1 Å². The molecule has 1 aromatic rings. The summed E-state index contributed by atoms with van der Waals surface area (Å²) in [5.41, 5.74) is 0.937. The topological polar surface area (TPSA) is 119 Å². The Labute approximate surface area is 210 Å². The van der Waals surface area contributed by atoms with Crippen LogP contribution in [-0.2, 0) is 14.4 Å². The van der Waals surface area contributed by atoms with Gasteiger partial charge in [-0.25, -0.2) is 0 Å². The third-order valence-electron chi connectivity index (χ3n) is 7.70. The van der Waals surface area contributed by atoms with Gasteiger partial charge in [0, 0.05) is 45.3 Å². The van der Waals surface area contributed by atoms with Gasteiger partial charge in [0.25, 0.3) is 11.8 Å². The van der Waals surface area contributed by atoms with Crippen LogP contribution in [-0.4, -0.2) is 90.4 Å².